The summed E-state index contributed by atoms with van der Waals surface area (Å²) >= 11 is 7.03. The molecule has 0 spiro atoms. The van der Waals surface area contributed by atoms with Crippen LogP contribution >= 0.6 is 24.0 Å². The Hall–Kier alpha value is -1.35. The van der Waals surface area contributed by atoms with E-state index in [0.29, 0.717) is 16.3 Å². The van der Waals surface area contributed by atoms with E-state index in [1.807, 2.05) is 0 Å². The molecule has 4 N–H and O–H groups in total. The summed E-state index contributed by atoms with van der Waals surface area (Å²) in [6, 6.07) is 9.04. The minimum Gasteiger partial charge on any atom is -0.392 e. The Labute approximate surface area is 208 Å². The number of thiocarbonyl (C=S) groups is 1. The van der Waals surface area contributed by atoms with Crippen LogP contribution < -0.4 is 16.0 Å². The molecule has 1 saturated carbocycles. The highest BCUT2D eigenvalue weighted by Gasteiger charge is 2.28. The van der Waals surface area contributed by atoms with Crippen LogP contribution in [-0.2, 0) is 0 Å². The first-order valence-electron chi connectivity index (χ1n) is 12.6. The highest BCUT2D eigenvalue weighted by molar-refractivity contribution is 8.13. The van der Waals surface area contributed by atoms with Gasteiger partial charge in [0.25, 0.3) is 0 Å². The second-order valence-corrected chi connectivity index (χ2v) is 11.2. The van der Waals surface area contributed by atoms with Crippen LogP contribution in [0.1, 0.15) is 57.8 Å². The zero-order valence-corrected chi connectivity index (χ0v) is 21.3. The van der Waals surface area contributed by atoms with Gasteiger partial charge in [0.2, 0.25) is 0 Å². The van der Waals surface area contributed by atoms with Crippen LogP contribution in [0.3, 0.4) is 0 Å². The highest BCUT2D eigenvalue weighted by atomic mass is 32.2. The maximum Gasteiger partial charge on any atom is 0.199 e. The van der Waals surface area contributed by atoms with Crippen molar-refractivity contribution in [1.29, 1.82) is 0 Å². The molecule has 0 amide bonds. The number of amidine groups is 1. The van der Waals surface area contributed by atoms with E-state index in [4.69, 9.17) is 18.0 Å². The summed E-state index contributed by atoms with van der Waals surface area (Å²) in [5.74, 6) is 1.81. The molecule has 1 unspecified atom stereocenters. The van der Waals surface area contributed by atoms with E-state index in [9.17, 15) is 5.11 Å². The molecular formula is C25H39N5OS2. The van der Waals surface area contributed by atoms with Gasteiger partial charge in [0.15, 0.2) is 10.3 Å². The van der Waals surface area contributed by atoms with Gasteiger partial charge >= 0.3 is 0 Å². The van der Waals surface area contributed by atoms with Crippen LogP contribution in [0.15, 0.2) is 29.3 Å². The molecule has 182 valence electrons. The van der Waals surface area contributed by atoms with Gasteiger partial charge in [0.1, 0.15) is 0 Å². The first-order chi connectivity index (χ1) is 16.1. The fourth-order valence-electron chi connectivity index (χ4n) is 5.40. The standard InChI is InChI=1S/C25H39N5OS2/c26-24(33-18-19-5-2-1-3-6-19)28-25(32)27-20-8-10-21(11-9-20)29-15-12-22(13-16-29)30-14-4-7-23(31)17-30/h8-11,19,22-23,31H,1-7,12-18H2,(H3,26,27,28,32). The molecule has 2 heterocycles. The summed E-state index contributed by atoms with van der Waals surface area (Å²) in [4.78, 5) is 9.33. The number of aliphatic hydroxyl groups excluding tert-OH is 1. The van der Waals surface area contributed by atoms with E-state index in [1.54, 1.807) is 11.8 Å². The third kappa shape index (κ3) is 7.57. The van der Waals surface area contributed by atoms with Crippen molar-refractivity contribution in [2.24, 2.45) is 16.6 Å². The zero-order chi connectivity index (χ0) is 23.0. The van der Waals surface area contributed by atoms with Crippen LogP contribution in [0, 0.1) is 5.92 Å². The largest absolute Gasteiger partial charge is 0.392 e. The predicted octanol–water partition coefficient (Wildman–Crippen LogP) is 4.44. The van der Waals surface area contributed by atoms with Crippen molar-refractivity contribution >= 4 is 45.6 Å². The fraction of sp³-hybridized carbons (Fsp3) is 0.680. The number of piperidine rings is 2. The molecule has 3 fully saturated rings. The number of benzene rings is 1. The van der Waals surface area contributed by atoms with E-state index in [2.05, 4.69) is 44.4 Å². The summed E-state index contributed by atoms with van der Waals surface area (Å²) in [7, 11) is 0. The van der Waals surface area contributed by atoms with Crippen LogP contribution in [0.2, 0.25) is 0 Å². The van der Waals surface area contributed by atoms with Gasteiger partial charge in [-0.1, -0.05) is 31.0 Å². The predicted molar refractivity (Wildman–Crippen MR) is 145 cm³/mol. The van der Waals surface area contributed by atoms with Crippen molar-refractivity contribution in [2.45, 2.75) is 69.9 Å². The first-order valence-corrected chi connectivity index (χ1v) is 14.0. The van der Waals surface area contributed by atoms with Crippen molar-refractivity contribution in [1.82, 2.24) is 4.90 Å². The van der Waals surface area contributed by atoms with Gasteiger partial charge in [0, 0.05) is 42.8 Å². The van der Waals surface area contributed by atoms with Gasteiger partial charge in [-0.05, 0) is 87.5 Å². The molecule has 1 aromatic carbocycles. The van der Waals surface area contributed by atoms with E-state index in [-0.39, 0.29) is 6.10 Å². The Bertz CT molecular complexity index is 788. The van der Waals surface area contributed by atoms with E-state index in [0.717, 1.165) is 69.2 Å². The van der Waals surface area contributed by atoms with Crippen molar-refractivity contribution in [3.8, 4) is 0 Å². The minimum atomic E-state index is -0.141. The number of thioether (sulfide) groups is 1. The molecule has 4 rings (SSSR count). The number of hydrogen-bond donors (Lipinski definition) is 3. The lowest BCUT2D eigenvalue weighted by atomic mass is 9.91. The Morgan fingerprint density at radius 2 is 1.76 bits per heavy atom. The first kappa shape index (κ1) is 24.8. The third-order valence-electron chi connectivity index (χ3n) is 7.30. The molecule has 1 aromatic rings. The van der Waals surface area contributed by atoms with Gasteiger partial charge < -0.3 is 21.1 Å². The monoisotopic (exact) mass is 489 g/mol. The Morgan fingerprint density at radius 1 is 1.03 bits per heavy atom. The number of likely N-dealkylation sites (tertiary alicyclic amines) is 1. The van der Waals surface area contributed by atoms with Gasteiger partial charge in [-0.15, -0.1) is 0 Å². The number of β-amino-alcohol motifs (C(OH)–C–C–N with tert-alkyl or cyclic N) is 1. The summed E-state index contributed by atoms with van der Waals surface area (Å²) in [6.45, 7) is 4.09. The molecule has 3 aliphatic rings. The van der Waals surface area contributed by atoms with Crippen LogP contribution in [0.5, 0.6) is 0 Å². The summed E-state index contributed by atoms with van der Waals surface area (Å²) in [5.41, 5.74) is 8.29. The van der Waals surface area contributed by atoms with Crippen molar-refractivity contribution in [3.63, 3.8) is 0 Å². The van der Waals surface area contributed by atoms with Gasteiger partial charge in [0.05, 0.1) is 6.10 Å². The van der Waals surface area contributed by atoms with E-state index >= 15 is 0 Å². The topological polar surface area (TPSA) is 77.1 Å². The average Bonchev–Trinajstić information content (AvgIpc) is 2.84. The molecule has 1 atom stereocenters. The number of nitrogens with zero attached hydrogens (tertiary/aromatic N) is 3. The van der Waals surface area contributed by atoms with Crippen LogP contribution in [-0.4, -0.2) is 64.4 Å². The number of hydrogen-bond acceptors (Lipinski definition) is 5. The fourth-order valence-corrected chi connectivity index (χ4v) is 6.57. The third-order valence-corrected chi connectivity index (χ3v) is 8.51. The van der Waals surface area contributed by atoms with E-state index in [1.165, 1.54) is 37.8 Å². The Balaban J connectivity index is 1.21. The lowest BCUT2D eigenvalue weighted by Gasteiger charge is -2.42. The zero-order valence-electron chi connectivity index (χ0n) is 19.6. The SMILES string of the molecule is N/C(=N\C(=S)Nc1ccc(N2CCC(N3CCCC(O)C3)CC2)cc1)SCC1CCCCC1. The lowest BCUT2D eigenvalue weighted by molar-refractivity contribution is 0.0398. The Morgan fingerprint density at radius 3 is 2.45 bits per heavy atom. The second-order valence-electron chi connectivity index (χ2n) is 9.75. The average molecular weight is 490 g/mol. The van der Waals surface area contributed by atoms with Gasteiger partial charge in [-0.2, -0.15) is 4.99 Å². The molecular weight excluding hydrogens is 450 g/mol. The molecule has 1 aliphatic carbocycles. The molecule has 8 heteroatoms. The number of aliphatic imine (C=N–C) groups is 1. The minimum absolute atomic E-state index is 0.141. The molecule has 0 radical (unpaired) electrons. The summed E-state index contributed by atoms with van der Waals surface area (Å²) in [5, 5.41) is 14.1. The molecule has 0 aromatic heterocycles. The van der Waals surface area contributed by atoms with Crippen molar-refractivity contribution < 1.29 is 5.11 Å². The molecule has 0 bridgehead atoms. The molecule has 2 aliphatic heterocycles. The van der Waals surface area contributed by atoms with E-state index < -0.39 is 0 Å². The number of nitrogens with two attached hydrogens (primary N) is 1. The smallest absolute Gasteiger partial charge is 0.199 e. The van der Waals surface area contributed by atoms with Gasteiger partial charge in [-0.25, -0.2) is 0 Å². The molecule has 33 heavy (non-hydrogen) atoms. The summed E-state index contributed by atoms with van der Waals surface area (Å²) < 4.78 is 0. The maximum absolute atomic E-state index is 9.97. The summed E-state index contributed by atoms with van der Waals surface area (Å²) in [6.07, 6.45) is 10.9. The number of nitrogens with one attached hydrogen (secondary N) is 1. The van der Waals surface area contributed by atoms with Gasteiger partial charge in [-0.3, -0.25) is 4.90 Å². The maximum atomic E-state index is 9.97. The quantitative estimate of drug-likeness (QED) is 0.321. The van der Waals surface area contributed by atoms with Crippen LogP contribution in [0.25, 0.3) is 0 Å². The normalized spacial score (nSPS) is 24.1. The van der Waals surface area contributed by atoms with Crippen LogP contribution in [0.4, 0.5) is 11.4 Å². The molecule has 6 nitrogen and oxygen atoms in total. The number of rotatable bonds is 5. The highest BCUT2D eigenvalue weighted by Crippen LogP contribution is 2.27. The second kappa shape index (κ2) is 12.4. The lowest BCUT2D eigenvalue weighted by Crippen LogP contribution is -2.49. The number of anilines is 2. The van der Waals surface area contributed by atoms with Crippen molar-refractivity contribution in [3.05, 3.63) is 24.3 Å². The van der Waals surface area contributed by atoms with Crippen molar-refractivity contribution in [2.75, 3.05) is 42.1 Å². The number of aliphatic hydroxyl groups is 1. The molecule has 2 saturated heterocycles. The Kier molecular flexibility index (Phi) is 9.29.